The Morgan fingerprint density at radius 2 is 1.59 bits per heavy atom. The molecule has 0 spiro atoms. The molecule has 5 nitrogen and oxygen atoms in total. The average Bonchev–Trinajstić information content (AvgIpc) is 2.69. The first-order chi connectivity index (χ1) is 13.7. The van der Waals surface area contributed by atoms with Gasteiger partial charge in [0.25, 0.3) is 0 Å². The first-order valence-electron chi connectivity index (χ1n) is 9.85. The molecule has 0 bridgehead atoms. The number of hydrogen-bond donors (Lipinski definition) is 1. The molecule has 0 saturated carbocycles. The molecule has 0 aliphatic carbocycles. The Morgan fingerprint density at radius 3 is 2.14 bits per heavy atom. The summed E-state index contributed by atoms with van der Waals surface area (Å²) in [6.45, 7) is 10.3. The number of morpholine rings is 1. The highest BCUT2D eigenvalue weighted by Crippen LogP contribution is 2.27. The highest BCUT2D eigenvalue weighted by molar-refractivity contribution is 7.89. The summed E-state index contributed by atoms with van der Waals surface area (Å²) in [7, 11) is -3.70. The maximum Gasteiger partial charge on any atom is 0.241 e. The first-order valence-corrected chi connectivity index (χ1v) is 11.3. The highest BCUT2D eigenvalue weighted by atomic mass is 32.2. The predicted molar refractivity (Wildman–Crippen MR) is 112 cm³/mol. The van der Waals surface area contributed by atoms with Crippen molar-refractivity contribution in [1.82, 2.24) is 9.62 Å². The summed E-state index contributed by atoms with van der Waals surface area (Å²) in [5.74, 6) is -0.309. The zero-order chi connectivity index (χ0) is 21.2. The van der Waals surface area contributed by atoms with Gasteiger partial charge in [-0.15, -0.1) is 0 Å². The number of benzene rings is 2. The van der Waals surface area contributed by atoms with E-state index in [1.54, 1.807) is 12.1 Å². The Morgan fingerprint density at radius 1 is 1.03 bits per heavy atom. The molecule has 1 fully saturated rings. The summed E-state index contributed by atoms with van der Waals surface area (Å²) in [5, 5.41) is 0. The van der Waals surface area contributed by atoms with Gasteiger partial charge in [-0.05, 0) is 67.6 Å². The van der Waals surface area contributed by atoms with E-state index in [-0.39, 0.29) is 18.4 Å². The lowest BCUT2D eigenvalue weighted by Crippen LogP contribution is -2.44. The third-order valence-electron chi connectivity index (χ3n) is 5.77. The second kappa shape index (κ2) is 8.92. The van der Waals surface area contributed by atoms with Crippen LogP contribution in [-0.2, 0) is 14.8 Å². The first kappa shape index (κ1) is 21.9. The van der Waals surface area contributed by atoms with Crippen molar-refractivity contribution in [2.24, 2.45) is 0 Å². The minimum atomic E-state index is -3.70. The fourth-order valence-electron chi connectivity index (χ4n) is 3.88. The average molecular weight is 421 g/mol. The number of nitrogens with zero attached hydrogens (tertiary/aromatic N) is 1. The molecule has 1 atom stereocenters. The smallest absolute Gasteiger partial charge is 0.241 e. The molecule has 0 amide bonds. The molecule has 2 aromatic carbocycles. The topological polar surface area (TPSA) is 58.6 Å². The Bertz CT molecular complexity index is 942. The molecule has 1 aliphatic rings. The Balaban J connectivity index is 1.90. The molecule has 1 N–H and O–H groups in total. The van der Waals surface area contributed by atoms with Crippen molar-refractivity contribution in [3.05, 3.63) is 64.0 Å². The van der Waals surface area contributed by atoms with E-state index in [1.807, 2.05) is 33.8 Å². The molecule has 158 valence electrons. The minimum absolute atomic E-state index is 0.194. The van der Waals surface area contributed by atoms with Gasteiger partial charge < -0.3 is 4.74 Å². The van der Waals surface area contributed by atoms with Gasteiger partial charge in [0.15, 0.2) is 0 Å². The van der Waals surface area contributed by atoms with E-state index >= 15 is 0 Å². The second-order valence-electron chi connectivity index (χ2n) is 7.66. The van der Waals surface area contributed by atoms with Crippen LogP contribution in [0.2, 0.25) is 0 Å². The van der Waals surface area contributed by atoms with Crippen LogP contribution in [0.25, 0.3) is 0 Å². The van der Waals surface area contributed by atoms with Gasteiger partial charge in [-0.25, -0.2) is 17.5 Å². The van der Waals surface area contributed by atoms with Crippen molar-refractivity contribution in [2.75, 3.05) is 32.8 Å². The van der Waals surface area contributed by atoms with Crippen LogP contribution in [0.15, 0.2) is 35.2 Å². The van der Waals surface area contributed by atoms with Crippen LogP contribution in [0.3, 0.4) is 0 Å². The molecule has 1 unspecified atom stereocenters. The monoisotopic (exact) mass is 420 g/mol. The minimum Gasteiger partial charge on any atom is -0.379 e. The van der Waals surface area contributed by atoms with E-state index < -0.39 is 10.0 Å². The Kier molecular flexibility index (Phi) is 6.73. The lowest BCUT2D eigenvalue weighted by molar-refractivity contribution is 0.0172. The lowest BCUT2D eigenvalue weighted by atomic mass is 10.0. The van der Waals surface area contributed by atoms with Crippen molar-refractivity contribution >= 4 is 10.0 Å². The fourth-order valence-corrected chi connectivity index (χ4v) is 5.53. The summed E-state index contributed by atoms with van der Waals surface area (Å²) in [4.78, 5) is 2.54. The van der Waals surface area contributed by atoms with E-state index in [0.717, 1.165) is 27.8 Å². The predicted octanol–water partition coefficient (Wildman–Crippen LogP) is 3.41. The molecule has 3 rings (SSSR count). The molecule has 0 radical (unpaired) electrons. The van der Waals surface area contributed by atoms with Gasteiger partial charge in [-0.1, -0.05) is 18.2 Å². The van der Waals surface area contributed by atoms with Crippen LogP contribution >= 0.6 is 0 Å². The van der Waals surface area contributed by atoms with Crippen LogP contribution in [0, 0.1) is 33.5 Å². The van der Waals surface area contributed by atoms with Gasteiger partial charge in [0.2, 0.25) is 10.0 Å². The maximum absolute atomic E-state index is 13.4. The number of sulfonamides is 1. The zero-order valence-corrected chi connectivity index (χ0v) is 18.3. The summed E-state index contributed by atoms with van der Waals surface area (Å²) in [5.41, 5.74) is 4.33. The van der Waals surface area contributed by atoms with Crippen molar-refractivity contribution < 1.29 is 17.5 Å². The summed E-state index contributed by atoms with van der Waals surface area (Å²) < 4.78 is 48.1. The summed E-state index contributed by atoms with van der Waals surface area (Å²) in [6.07, 6.45) is 0. The van der Waals surface area contributed by atoms with Gasteiger partial charge in [0.05, 0.1) is 18.1 Å². The molecular weight excluding hydrogens is 391 g/mol. The molecule has 29 heavy (non-hydrogen) atoms. The van der Waals surface area contributed by atoms with Gasteiger partial charge in [0, 0.05) is 25.7 Å². The molecular formula is C22H29FN2O3S. The van der Waals surface area contributed by atoms with E-state index in [2.05, 4.69) is 9.62 Å². The van der Waals surface area contributed by atoms with Crippen LogP contribution in [-0.4, -0.2) is 46.2 Å². The van der Waals surface area contributed by atoms with E-state index in [1.165, 1.54) is 12.1 Å². The van der Waals surface area contributed by atoms with E-state index in [9.17, 15) is 12.8 Å². The van der Waals surface area contributed by atoms with Crippen molar-refractivity contribution in [1.29, 1.82) is 0 Å². The summed E-state index contributed by atoms with van der Waals surface area (Å²) >= 11 is 0. The normalized spacial score (nSPS) is 16.7. The second-order valence-corrected chi connectivity index (χ2v) is 9.36. The molecule has 0 aromatic heterocycles. The number of hydrogen-bond acceptors (Lipinski definition) is 4. The molecule has 7 heteroatoms. The van der Waals surface area contributed by atoms with Crippen LogP contribution in [0.5, 0.6) is 0 Å². The van der Waals surface area contributed by atoms with Crippen molar-refractivity contribution in [3.63, 3.8) is 0 Å². The fraction of sp³-hybridized carbons (Fsp3) is 0.455. The maximum atomic E-state index is 13.4. The van der Waals surface area contributed by atoms with Crippen LogP contribution < -0.4 is 4.72 Å². The Labute approximate surface area is 172 Å². The molecule has 1 saturated heterocycles. The zero-order valence-electron chi connectivity index (χ0n) is 17.5. The van der Waals surface area contributed by atoms with Gasteiger partial charge in [-0.3, -0.25) is 4.90 Å². The van der Waals surface area contributed by atoms with E-state index in [4.69, 9.17) is 4.74 Å². The van der Waals surface area contributed by atoms with Gasteiger partial charge in [-0.2, -0.15) is 0 Å². The molecule has 1 heterocycles. The van der Waals surface area contributed by atoms with Crippen LogP contribution in [0.4, 0.5) is 4.39 Å². The Hall–Kier alpha value is -1.80. The number of rotatable bonds is 6. The standard InChI is InChI=1S/C22H29FN2O3S/c1-15-13-16(2)18(4)22(17(15)3)29(26,27)24-14-21(25-9-11-28-12-10-25)19-5-7-20(23)8-6-19/h5-8,13,21,24H,9-12,14H2,1-4H3. The van der Waals surface area contributed by atoms with Crippen molar-refractivity contribution in [2.45, 2.75) is 38.6 Å². The van der Waals surface area contributed by atoms with Gasteiger partial charge in [0.1, 0.15) is 5.82 Å². The number of ether oxygens (including phenoxy) is 1. The quantitative estimate of drug-likeness (QED) is 0.778. The van der Waals surface area contributed by atoms with Crippen LogP contribution in [0.1, 0.15) is 33.9 Å². The third kappa shape index (κ3) is 4.86. The number of nitrogens with one attached hydrogen (secondary N) is 1. The molecule has 2 aromatic rings. The van der Waals surface area contributed by atoms with Gasteiger partial charge >= 0.3 is 0 Å². The lowest BCUT2D eigenvalue weighted by Gasteiger charge is -2.35. The van der Waals surface area contributed by atoms with Crippen molar-refractivity contribution in [3.8, 4) is 0 Å². The highest BCUT2D eigenvalue weighted by Gasteiger charge is 2.27. The molecule has 1 aliphatic heterocycles. The number of aryl methyl sites for hydroxylation is 2. The third-order valence-corrected chi connectivity index (χ3v) is 7.47. The number of halogens is 1. The summed E-state index contributed by atoms with van der Waals surface area (Å²) in [6, 6.07) is 8.08. The van der Waals surface area contributed by atoms with E-state index in [0.29, 0.717) is 31.2 Å². The SMILES string of the molecule is Cc1cc(C)c(C)c(S(=O)(=O)NCC(c2ccc(F)cc2)N2CCOCC2)c1C. The largest absolute Gasteiger partial charge is 0.379 e.